The number of ketones is 1. The molecule has 0 aromatic heterocycles. The van der Waals surface area contributed by atoms with Crippen molar-refractivity contribution in [1.29, 1.82) is 0 Å². The molecule has 3 heteroatoms. The Bertz CT molecular complexity index is 680. The first kappa shape index (κ1) is 18.8. The molecule has 1 heterocycles. The third kappa shape index (κ3) is 3.89. The Morgan fingerprint density at radius 1 is 0.962 bits per heavy atom. The lowest BCUT2D eigenvalue weighted by Crippen LogP contribution is -2.56. The SMILES string of the molecule is CCCCCC(C(=O)c1ccccc1)(c1ccccc1)N1CCOCC1. The molecule has 1 aliphatic rings. The lowest BCUT2D eigenvalue weighted by Gasteiger charge is -2.45. The summed E-state index contributed by atoms with van der Waals surface area (Å²) in [6.07, 6.45) is 4.18. The van der Waals surface area contributed by atoms with Crippen molar-refractivity contribution >= 4 is 5.78 Å². The summed E-state index contributed by atoms with van der Waals surface area (Å²) in [6, 6.07) is 20.1. The molecule has 3 rings (SSSR count). The summed E-state index contributed by atoms with van der Waals surface area (Å²) in [4.78, 5) is 16.2. The molecule has 3 nitrogen and oxygen atoms in total. The first-order valence-corrected chi connectivity index (χ1v) is 9.77. The van der Waals surface area contributed by atoms with Crippen LogP contribution in [0.3, 0.4) is 0 Å². The molecule has 0 spiro atoms. The Morgan fingerprint density at radius 2 is 1.58 bits per heavy atom. The summed E-state index contributed by atoms with van der Waals surface area (Å²) in [5.41, 5.74) is 1.29. The predicted molar refractivity (Wildman–Crippen MR) is 105 cm³/mol. The third-order valence-electron chi connectivity index (χ3n) is 5.36. The van der Waals surface area contributed by atoms with Crippen LogP contribution in [0.25, 0.3) is 0 Å². The fourth-order valence-corrected chi connectivity index (χ4v) is 3.99. The van der Waals surface area contributed by atoms with Crippen LogP contribution in [0, 0.1) is 0 Å². The molecular weight excluding hydrogens is 322 g/mol. The van der Waals surface area contributed by atoms with Gasteiger partial charge in [-0.15, -0.1) is 0 Å². The minimum absolute atomic E-state index is 0.210. The number of ether oxygens (including phenoxy) is 1. The summed E-state index contributed by atoms with van der Waals surface area (Å²) >= 11 is 0. The highest BCUT2D eigenvalue weighted by Crippen LogP contribution is 2.38. The van der Waals surface area contributed by atoms with Gasteiger partial charge >= 0.3 is 0 Å². The van der Waals surface area contributed by atoms with Gasteiger partial charge in [-0.05, 0) is 12.0 Å². The van der Waals surface area contributed by atoms with Crippen LogP contribution >= 0.6 is 0 Å². The zero-order valence-corrected chi connectivity index (χ0v) is 15.7. The van der Waals surface area contributed by atoms with Gasteiger partial charge in [0, 0.05) is 18.7 Å². The van der Waals surface area contributed by atoms with Crippen LogP contribution in [0.2, 0.25) is 0 Å². The highest BCUT2D eigenvalue weighted by atomic mass is 16.5. The number of hydrogen-bond acceptors (Lipinski definition) is 3. The summed E-state index contributed by atoms with van der Waals surface area (Å²) in [7, 11) is 0. The third-order valence-corrected chi connectivity index (χ3v) is 5.36. The normalized spacial score (nSPS) is 17.6. The number of carbonyl (C=O) groups excluding carboxylic acids is 1. The van der Waals surface area contributed by atoms with E-state index in [4.69, 9.17) is 4.74 Å². The second-order valence-electron chi connectivity index (χ2n) is 6.98. The van der Waals surface area contributed by atoms with Gasteiger partial charge in [-0.2, -0.15) is 0 Å². The maximum absolute atomic E-state index is 13.9. The molecule has 0 aliphatic carbocycles. The second kappa shape index (κ2) is 9.11. The number of carbonyl (C=O) groups is 1. The minimum atomic E-state index is -0.610. The zero-order valence-electron chi connectivity index (χ0n) is 15.7. The van der Waals surface area contributed by atoms with Gasteiger partial charge < -0.3 is 4.74 Å². The number of rotatable bonds is 8. The van der Waals surface area contributed by atoms with Gasteiger partial charge in [-0.3, -0.25) is 9.69 Å². The van der Waals surface area contributed by atoms with Crippen LogP contribution in [0.4, 0.5) is 0 Å². The number of morpholine rings is 1. The number of unbranched alkanes of at least 4 members (excludes halogenated alkanes) is 2. The summed E-state index contributed by atoms with van der Waals surface area (Å²) in [5, 5.41) is 0. The van der Waals surface area contributed by atoms with Crippen molar-refractivity contribution in [3.05, 3.63) is 71.8 Å². The maximum atomic E-state index is 13.9. The highest BCUT2D eigenvalue weighted by Gasteiger charge is 2.45. The van der Waals surface area contributed by atoms with Crippen LogP contribution in [0.5, 0.6) is 0 Å². The summed E-state index contributed by atoms with van der Waals surface area (Å²) < 4.78 is 5.59. The standard InChI is InChI=1S/C23H29NO2/c1-2-3-10-15-23(21-13-8-5-9-14-21,24-16-18-26-19-17-24)22(25)20-11-6-4-7-12-20/h4-9,11-14H,2-3,10,15-19H2,1H3. The Morgan fingerprint density at radius 3 is 2.19 bits per heavy atom. The van der Waals surface area contributed by atoms with Crippen molar-refractivity contribution in [3.63, 3.8) is 0 Å². The van der Waals surface area contributed by atoms with E-state index < -0.39 is 5.54 Å². The van der Waals surface area contributed by atoms with Gasteiger partial charge in [-0.1, -0.05) is 86.8 Å². The fraction of sp³-hybridized carbons (Fsp3) is 0.435. The van der Waals surface area contributed by atoms with Gasteiger partial charge in [0.15, 0.2) is 5.78 Å². The molecule has 26 heavy (non-hydrogen) atoms. The second-order valence-corrected chi connectivity index (χ2v) is 6.98. The van der Waals surface area contributed by atoms with E-state index >= 15 is 0 Å². The zero-order chi connectivity index (χ0) is 18.2. The average molecular weight is 351 g/mol. The van der Waals surface area contributed by atoms with Crippen molar-refractivity contribution < 1.29 is 9.53 Å². The smallest absolute Gasteiger partial charge is 0.187 e. The van der Waals surface area contributed by atoms with E-state index in [1.807, 2.05) is 48.5 Å². The Hall–Kier alpha value is -1.97. The molecule has 138 valence electrons. The van der Waals surface area contributed by atoms with E-state index in [-0.39, 0.29) is 5.78 Å². The molecular formula is C23H29NO2. The van der Waals surface area contributed by atoms with E-state index in [1.165, 1.54) is 0 Å². The molecule has 1 saturated heterocycles. The van der Waals surface area contributed by atoms with Crippen molar-refractivity contribution in [2.24, 2.45) is 0 Å². The van der Waals surface area contributed by atoms with Crippen LogP contribution in [-0.2, 0) is 10.3 Å². The van der Waals surface area contributed by atoms with Crippen molar-refractivity contribution in [2.45, 2.75) is 38.1 Å². The van der Waals surface area contributed by atoms with E-state index in [9.17, 15) is 4.79 Å². The number of benzene rings is 2. The molecule has 0 bridgehead atoms. The minimum Gasteiger partial charge on any atom is -0.379 e. The molecule has 1 fully saturated rings. The van der Waals surface area contributed by atoms with Gasteiger partial charge in [0.1, 0.15) is 5.54 Å². The summed E-state index contributed by atoms with van der Waals surface area (Å²) in [5.74, 6) is 0.210. The van der Waals surface area contributed by atoms with Gasteiger partial charge in [0.05, 0.1) is 13.2 Å². The molecule has 0 saturated carbocycles. The van der Waals surface area contributed by atoms with Gasteiger partial charge in [0.2, 0.25) is 0 Å². The van der Waals surface area contributed by atoms with Crippen molar-refractivity contribution in [2.75, 3.05) is 26.3 Å². The molecule has 1 unspecified atom stereocenters. The molecule has 0 N–H and O–H groups in total. The maximum Gasteiger partial charge on any atom is 0.187 e. The largest absolute Gasteiger partial charge is 0.379 e. The van der Waals surface area contributed by atoms with E-state index in [2.05, 4.69) is 24.0 Å². The molecule has 1 aliphatic heterocycles. The molecule has 0 amide bonds. The van der Waals surface area contributed by atoms with E-state index in [0.29, 0.717) is 13.2 Å². The topological polar surface area (TPSA) is 29.5 Å². The molecule has 1 atom stereocenters. The number of nitrogens with zero attached hydrogens (tertiary/aromatic N) is 1. The lowest BCUT2D eigenvalue weighted by atomic mass is 9.76. The van der Waals surface area contributed by atoms with Crippen LogP contribution in [-0.4, -0.2) is 37.0 Å². The van der Waals surface area contributed by atoms with Crippen molar-refractivity contribution in [1.82, 2.24) is 4.90 Å². The highest BCUT2D eigenvalue weighted by molar-refractivity contribution is 6.03. The quantitative estimate of drug-likeness (QED) is 0.511. The Balaban J connectivity index is 2.08. The first-order chi connectivity index (χ1) is 12.8. The Kier molecular flexibility index (Phi) is 6.59. The first-order valence-electron chi connectivity index (χ1n) is 9.77. The lowest BCUT2D eigenvalue weighted by molar-refractivity contribution is -0.0203. The fourth-order valence-electron chi connectivity index (χ4n) is 3.99. The van der Waals surface area contributed by atoms with Gasteiger partial charge in [-0.25, -0.2) is 0 Å². The van der Waals surface area contributed by atoms with Crippen LogP contribution < -0.4 is 0 Å². The molecule has 0 radical (unpaired) electrons. The van der Waals surface area contributed by atoms with Gasteiger partial charge in [0.25, 0.3) is 0 Å². The molecule has 2 aromatic carbocycles. The van der Waals surface area contributed by atoms with E-state index in [0.717, 1.165) is 49.9 Å². The molecule has 2 aromatic rings. The number of hydrogen-bond donors (Lipinski definition) is 0. The number of Topliss-reactive ketones (excluding diaryl/α,β-unsaturated/α-hetero) is 1. The van der Waals surface area contributed by atoms with Crippen LogP contribution in [0.1, 0.15) is 48.5 Å². The predicted octanol–water partition coefficient (Wildman–Crippen LogP) is 4.68. The monoisotopic (exact) mass is 351 g/mol. The van der Waals surface area contributed by atoms with Crippen LogP contribution in [0.15, 0.2) is 60.7 Å². The Labute approximate surface area is 157 Å². The summed E-state index contributed by atoms with van der Waals surface area (Å²) in [6.45, 7) is 5.16. The van der Waals surface area contributed by atoms with Crippen molar-refractivity contribution in [3.8, 4) is 0 Å². The van der Waals surface area contributed by atoms with E-state index in [1.54, 1.807) is 0 Å². The average Bonchev–Trinajstić information content (AvgIpc) is 2.73.